The molecule has 3 aliphatic carbocycles. The number of esters is 1. The number of aliphatic hydroxyl groups is 1. The summed E-state index contributed by atoms with van der Waals surface area (Å²) in [6.07, 6.45) is 6.62. The van der Waals surface area contributed by atoms with E-state index in [1.54, 1.807) is 11.8 Å². The van der Waals surface area contributed by atoms with Gasteiger partial charge in [0.05, 0.1) is 11.9 Å². The van der Waals surface area contributed by atoms with Gasteiger partial charge in [0.25, 0.3) is 0 Å². The quantitative estimate of drug-likeness (QED) is 0.241. The van der Waals surface area contributed by atoms with Gasteiger partial charge >= 0.3 is 5.97 Å². The first kappa shape index (κ1) is 28.1. The van der Waals surface area contributed by atoms with E-state index in [0.717, 1.165) is 31.8 Å². The van der Waals surface area contributed by atoms with Gasteiger partial charge in [-0.2, -0.15) is 0 Å². The fraction of sp³-hybridized carbons (Fsp3) is 0.897. The average Bonchev–Trinajstić information content (AvgIpc) is 3.17. The standard InChI is InChI=1S/C29H51NO3S/c1-9-27(7)18-23(33-24(31)19-34-17-16-30(10-2)11-3)28(8)21(5)13-15-29(22(6)26(27)32)14-12-20(4)25(28)29/h9,20-23,25-26,32H,1,10-19H2,2-8H3/t20-,21?,22-,23+,25?,26?,27+,28-,29+/m0/s1. The molecule has 3 saturated carbocycles. The predicted molar refractivity (Wildman–Crippen MR) is 144 cm³/mol. The summed E-state index contributed by atoms with van der Waals surface area (Å²) in [7, 11) is 0. The largest absolute Gasteiger partial charge is 0.461 e. The van der Waals surface area contributed by atoms with Gasteiger partial charge in [-0.05, 0) is 74.3 Å². The van der Waals surface area contributed by atoms with Gasteiger partial charge in [-0.3, -0.25) is 4.79 Å². The first-order chi connectivity index (χ1) is 16.0. The molecule has 3 aliphatic rings. The van der Waals surface area contributed by atoms with Crippen molar-refractivity contribution < 1.29 is 14.6 Å². The molecule has 9 atom stereocenters. The van der Waals surface area contributed by atoms with Crippen molar-refractivity contribution in [3.05, 3.63) is 12.7 Å². The summed E-state index contributed by atoms with van der Waals surface area (Å²) >= 11 is 1.68. The number of rotatable bonds is 9. The second-order valence-corrected chi connectivity index (χ2v) is 13.3. The molecule has 0 aromatic rings. The number of carbonyl (C=O) groups is 1. The Balaban J connectivity index is 1.87. The summed E-state index contributed by atoms with van der Waals surface area (Å²) in [6, 6.07) is 0. The zero-order valence-corrected chi connectivity index (χ0v) is 23.8. The van der Waals surface area contributed by atoms with Gasteiger partial charge in [0.15, 0.2) is 0 Å². The van der Waals surface area contributed by atoms with E-state index in [1.807, 2.05) is 6.08 Å². The van der Waals surface area contributed by atoms with Crippen LogP contribution in [0, 0.1) is 39.9 Å². The molecule has 0 saturated heterocycles. The summed E-state index contributed by atoms with van der Waals surface area (Å²) in [5.74, 6) is 2.99. The van der Waals surface area contributed by atoms with Crippen molar-refractivity contribution in [3.63, 3.8) is 0 Å². The van der Waals surface area contributed by atoms with Crippen molar-refractivity contribution in [1.29, 1.82) is 0 Å². The van der Waals surface area contributed by atoms with Crippen LogP contribution in [0.2, 0.25) is 0 Å². The van der Waals surface area contributed by atoms with E-state index in [9.17, 15) is 9.90 Å². The monoisotopic (exact) mass is 493 g/mol. The van der Waals surface area contributed by atoms with Gasteiger partial charge in [-0.15, -0.1) is 18.3 Å². The van der Waals surface area contributed by atoms with Crippen molar-refractivity contribution in [2.24, 2.45) is 39.9 Å². The Hall–Kier alpha value is -0.520. The summed E-state index contributed by atoms with van der Waals surface area (Å²) in [5, 5.41) is 11.7. The lowest BCUT2D eigenvalue weighted by molar-refractivity contribution is -0.211. The highest BCUT2D eigenvalue weighted by atomic mass is 32.2. The Kier molecular flexibility index (Phi) is 8.95. The van der Waals surface area contributed by atoms with Crippen LogP contribution in [0.3, 0.4) is 0 Å². The first-order valence-electron chi connectivity index (χ1n) is 13.8. The highest BCUT2D eigenvalue weighted by Crippen LogP contribution is 2.70. The van der Waals surface area contributed by atoms with Crippen LogP contribution >= 0.6 is 11.8 Å². The van der Waals surface area contributed by atoms with Crippen LogP contribution in [0.4, 0.5) is 0 Å². The van der Waals surface area contributed by atoms with Crippen LogP contribution < -0.4 is 0 Å². The van der Waals surface area contributed by atoms with Crippen LogP contribution in [0.1, 0.15) is 80.6 Å². The minimum atomic E-state index is -0.472. The Morgan fingerprint density at radius 1 is 1.18 bits per heavy atom. The maximum Gasteiger partial charge on any atom is 0.316 e. The summed E-state index contributed by atoms with van der Waals surface area (Å²) in [5.41, 5.74) is -0.440. The zero-order valence-electron chi connectivity index (χ0n) is 22.9. The molecule has 0 aromatic heterocycles. The van der Waals surface area contributed by atoms with Crippen LogP contribution in [-0.4, -0.2) is 59.3 Å². The average molecular weight is 494 g/mol. The number of nitrogens with zero attached hydrogens (tertiary/aromatic N) is 1. The molecule has 34 heavy (non-hydrogen) atoms. The maximum absolute atomic E-state index is 13.2. The Bertz CT molecular complexity index is 726. The third-order valence-corrected chi connectivity index (χ3v) is 11.7. The highest BCUT2D eigenvalue weighted by molar-refractivity contribution is 7.99. The third-order valence-electron chi connectivity index (χ3n) is 10.8. The molecular formula is C29H51NO3S. The van der Waals surface area contributed by atoms with Crippen molar-refractivity contribution in [1.82, 2.24) is 4.90 Å². The highest BCUT2D eigenvalue weighted by Gasteiger charge is 2.67. The van der Waals surface area contributed by atoms with Crippen LogP contribution in [0.15, 0.2) is 12.7 Å². The second-order valence-electron chi connectivity index (χ2n) is 12.2. The molecule has 196 valence electrons. The smallest absolute Gasteiger partial charge is 0.316 e. The van der Waals surface area contributed by atoms with Gasteiger partial charge in [-0.1, -0.05) is 54.5 Å². The molecule has 2 bridgehead atoms. The van der Waals surface area contributed by atoms with Crippen molar-refractivity contribution >= 4 is 17.7 Å². The minimum absolute atomic E-state index is 0.0889. The van der Waals surface area contributed by atoms with Crippen molar-refractivity contribution in [2.45, 2.75) is 92.8 Å². The Labute approximate surface area is 213 Å². The Morgan fingerprint density at radius 3 is 2.44 bits per heavy atom. The second kappa shape index (κ2) is 10.8. The number of ether oxygens (including phenoxy) is 1. The zero-order chi connectivity index (χ0) is 25.3. The topological polar surface area (TPSA) is 49.8 Å². The lowest BCUT2D eigenvalue weighted by Crippen LogP contribution is -2.62. The van der Waals surface area contributed by atoms with E-state index >= 15 is 0 Å². The fourth-order valence-electron chi connectivity index (χ4n) is 8.34. The molecule has 0 aromatic carbocycles. The number of carbonyl (C=O) groups excluding carboxylic acids is 1. The van der Waals surface area contributed by atoms with E-state index < -0.39 is 11.5 Å². The van der Waals surface area contributed by atoms with E-state index in [4.69, 9.17) is 4.74 Å². The van der Waals surface area contributed by atoms with E-state index in [-0.39, 0.29) is 28.8 Å². The molecule has 0 spiro atoms. The first-order valence-corrected chi connectivity index (χ1v) is 15.0. The van der Waals surface area contributed by atoms with Gasteiger partial charge in [0, 0.05) is 23.1 Å². The minimum Gasteiger partial charge on any atom is -0.461 e. The third kappa shape index (κ3) is 4.75. The molecule has 0 heterocycles. The molecule has 3 fully saturated rings. The molecule has 0 radical (unpaired) electrons. The van der Waals surface area contributed by atoms with Crippen LogP contribution in [0.5, 0.6) is 0 Å². The lowest BCUT2D eigenvalue weighted by Gasteiger charge is -2.63. The molecule has 5 heteroatoms. The van der Waals surface area contributed by atoms with Gasteiger partial charge in [-0.25, -0.2) is 0 Å². The van der Waals surface area contributed by atoms with Crippen LogP contribution in [-0.2, 0) is 9.53 Å². The molecule has 0 aliphatic heterocycles. The molecule has 3 unspecified atom stereocenters. The van der Waals surface area contributed by atoms with Crippen molar-refractivity contribution in [3.8, 4) is 0 Å². The normalized spacial score (nSPS) is 44.3. The summed E-state index contributed by atoms with van der Waals surface area (Å²) in [4.78, 5) is 15.6. The maximum atomic E-state index is 13.2. The van der Waals surface area contributed by atoms with Crippen molar-refractivity contribution in [2.75, 3.05) is 31.1 Å². The number of hydrogen-bond donors (Lipinski definition) is 1. The molecule has 3 rings (SSSR count). The Morgan fingerprint density at radius 2 is 1.82 bits per heavy atom. The van der Waals surface area contributed by atoms with Gasteiger partial charge < -0.3 is 14.7 Å². The summed E-state index contributed by atoms with van der Waals surface area (Å²) in [6.45, 7) is 23.2. The number of thioether (sulfide) groups is 1. The lowest BCUT2D eigenvalue weighted by atomic mass is 9.43. The molecule has 1 N–H and O–H groups in total. The van der Waals surface area contributed by atoms with E-state index in [1.165, 1.54) is 19.3 Å². The number of aliphatic hydroxyl groups excluding tert-OH is 1. The van der Waals surface area contributed by atoms with Gasteiger partial charge in [0.1, 0.15) is 6.10 Å². The molecular weight excluding hydrogens is 442 g/mol. The fourth-order valence-corrected chi connectivity index (χ4v) is 9.10. The van der Waals surface area contributed by atoms with Crippen LogP contribution in [0.25, 0.3) is 0 Å². The SMILES string of the molecule is C=C[C@]1(C)C[C@@H](OC(=O)CSCCN(CC)CC)[C@]2(C)C(C)CC[C@]3(CC[C@H](C)C32)[C@@H](C)C1O. The van der Waals surface area contributed by atoms with E-state index in [0.29, 0.717) is 29.9 Å². The molecule has 4 nitrogen and oxygen atoms in total. The molecule has 0 amide bonds. The number of hydrogen-bond acceptors (Lipinski definition) is 5. The van der Waals surface area contributed by atoms with E-state index in [2.05, 4.69) is 59.9 Å². The predicted octanol–water partition coefficient (Wildman–Crippen LogP) is 6.03. The summed E-state index contributed by atoms with van der Waals surface area (Å²) < 4.78 is 6.45. The van der Waals surface area contributed by atoms with Gasteiger partial charge in [0.2, 0.25) is 0 Å².